The Morgan fingerprint density at radius 1 is 1.18 bits per heavy atom. The zero-order valence-electron chi connectivity index (χ0n) is 10.0. The van der Waals surface area contributed by atoms with Gasteiger partial charge in [0.1, 0.15) is 0 Å². The number of aryl methyl sites for hydroxylation is 1. The van der Waals surface area contributed by atoms with Gasteiger partial charge in [-0.1, -0.05) is 12.8 Å². The van der Waals surface area contributed by atoms with Crippen LogP contribution in [0.4, 0.5) is 16.2 Å². The maximum Gasteiger partial charge on any atom is 0.227 e. The molecule has 3 N–H and O–H groups in total. The lowest BCUT2D eigenvalue weighted by Gasteiger charge is -2.21. The Labute approximate surface area is 100 Å². The van der Waals surface area contributed by atoms with Gasteiger partial charge in [0.15, 0.2) is 11.6 Å². The Kier molecular flexibility index (Phi) is 3.73. The molecule has 1 saturated heterocycles. The number of nitrogen functional groups attached to an aromatic ring is 1. The number of nitrogens with two attached hydrogens (primary N) is 1. The molecule has 0 radical (unpaired) electrons. The third-order valence-corrected chi connectivity index (χ3v) is 3.03. The molecule has 0 unspecified atom stereocenters. The third kappa shape index (κ3) is 2.63. The average molecular weight is 239 g/mol. The summed E-state index contributed by atoms with van der Waals surface area (Å²) in [6.45, 7) is 3.48. The van der Waals surface area contributed by atoms with Crippen LogP contribution in [0.1, 0.15) is 31.4 Å². The number of aromatic nitrogens is 2. The summed E-state index contributed by atoms with van der Waals surface area (Å²) >= 11 is 0. The van der Waals surface area contributed by atoms with E-state index in [2.05, 4.69) is 20.3 Å². The Balaban J connectivity index is 2.27. The minimum Gasteiger partial charge on any atom is -0.341 e. The molecule has 94 valence electrons. The van der Waals surface area contributed by atoms with Crippen molar-refractivity contribution in [2.75, 3.05) is 23.4 Å². The Morgan fingerprint density at radius 3 is 2.41 bits per heavy atom. The number of halogens is 1. The summed E-state index contributed by atoms with van der Waals surface area (Å²) in [5, 5.41) is 0. The molecule has 17 heavy (non-hydrogen) atoms. The van der Waals surface area contributed by atoms with Gasteiger partial charge in [-0.3, -0.25) is 0 Å². The molecule has 0 aliphatic carbocycles. The van der Waals surface area contributed by atoms with E-state index in [1.54, 1.807) is 6.92 Å². The van der Waals surface area contributed by atoms with Gasteiger partial charge in [0.25, 0.3) is 0 Å². The van der Waals surface area contributed by atoms with Gasteiger partial charge in [-0.25, -0.2) is 15.2 Å². The first-order valence-electron chi connectivity index (χ1n) is 5.98. The van der Waals surface area contributed by atoms with Crippen LogP contribution in [0.15, 0.2) is 0 Å². The number of hydrogen-bond acceptors (Lipinski definition) is 5. The summed E-state index contributed by atoms with van der Waals surface area (Å²) in [7, 11) is 0. The van der Waals surface area contributed by atoms with Gasteiger partial charge in [0.05, 0.1) is 5.69 Å². The number of nitrogens with zero attached hydrogens (tertiary/aromatic N) is 3. The predicted octanol–water partition coefficient (Wildman–Crippen LogP) is 1.59. The van der Waals surface area contributed by atoms with Crippen molar-refractivity contribution in [3.63, 3.8) is 0 Å². The summed E-state index contributed by atoms with van der Waals surface area (Å²) in [6, 6.07) is 0. The molecule has 0 spiro atoms. The van der Waals surface area contributed by atoms with Gasteiger partial charge in [-0.2, -0.15) is 4.98 Å². The molecule has 1 aromatic heterocycles. The highest BCUT2D eigenvalue weighted by Gasteiger charge is 2.16. The van der Waals surface area contributed by atoms with Crippen LogP contribution < -0.4 is 16.2 Å². The molecule has 1 aliphatic rings. The standard InChI is InChI=1S/C11H18FN5/c1-8-9(12)10(16-13)15-11(14-8)17-6-4-2-3-5-7-17/h2-7,13H2,1H3,(H,14,15,16). The quantitative estimate of drug-likeness (QED) is 0.606. The van der Waals surface area contributed by atoms with E-state index in [0.717, 1.165) is 25.9 Å². The van der Waals surface area contributed by atoms with Crippen molar-refractivity contribution in [1.29, 1.82) is 0 Å². The maximum atomic E-state index is 13.5. The molecule has 0 aromatic carbocycles. The van der Waals surface area contributed by atoms with Crippen molar-refractivity contribution in [2.45, 2.75) is 32.6 Å². The van der Waals surface area contributed by atoms with E-state index in [9.17, 15) is 4.39 Å². The lowest BCUT2D eigenvalue weighted by molar-refractivity contribution is 0.602. The molecule has 2 heterocycles. The van der Waals surface area contributed by atoms with E-state index in [1.165, 1.54) is 12.8 Å². The van der Waals surface area contributed by atoms with Gasteiger partial charge in [-0.05, 0) is 19.8 Å². The van der Waals surface area contributed by atoms with Gasteiger partial charge >= 0.3 is 0 Å². The smallest absolute Gasteiger partial charge is 0.227 e. The fourth-order valence-corrected chi connectivity index (χ4v) is 2.05. The van der Waals surface area contributed by atoms with Crippen molar-refractivity contribution in [3.05, 3.63) is 11.5 Å². The summed E-state index contributed by atoms with van der Waals surface area (Å²) in [4.78, 5) is 10.4. The summed E-state index contributed by atoms with van der Waals surface area (Å²) < 4.78 is 13.5. The maximum absolute atomic E-state index is 13.5. The number of rotatable bonds is 2. The highest BCUT2D eigenvalue weighted by molar-refractivity contribution is 5.44. The summed E-state index contributed by atoms with van der Waals surface area (Å²) in [5.74, 6) is 5.40. The molecule has 0 bridgehead atoms. The summed E-state index contributed by atoms with van der Waals surface area (Å²) in [6.07, 6.45) is 4.73. The van der Waals surface area contributed by atoms with E-state index in [0.29, 0.717) is 11.6 Å². The van der Waals surface area contributed by atoms with Gasteiger partial charge < -0.3 is 10.3 Å². The van der Waals surface area contributed by atoms with Crippen molar-refractivity contribution >= 4 is 11.8 Å². The third-order valence-electron chi connectivity index (χ3n) is 3.03. The highest BCUT2D eigenvalue weighted by Crippen LogP contribution is 2.20. The van der Waals surface area contributed by atoms with Gasteiger partial charge in [-0.15, -0.1) is 0 Å². The zero-order valence-corrected chi connectivity index (χ0v) is 10.0. The lowest BCUT2D eigenvalue weighted by atomic mass is 10.2. The first kappa shape index (κ1) is 12.0. The molecular formula is C11H18FN5. The van der Waals surface area contributed by atoms with Crippen LogP contribution >= 0.6 is 0 Å². The zero-order chi connectivity index (χ0) is 12.3. The van der Waals surface area contributed by atoms with Crippen LogP contribution in [-0.4, -0.2) is 23.1 Å². The Bertz CT molecular complexity index is 388. The van der Waals surface area contributed by atoms with Crippen LogP contribution in [0.25, 0.3) is 0 Å². The first-order chi connectivity index (χ1) is 8.22. The second-order valence-electron chi connectivity index (χ2n) is 4.32. The number of hydrazine groups is 1. The topological polar surface area (TPSA) is 67.1 Å². The van der Waals surface area contributed by atoms with Crippen LogP contribution in [0.5, 0.6) is 0 Å². The molecule has 0 saturated carbocycles. The SMILES string of the molecule is Cc1nc(N2CCCCCC2)nc(NN)c1F. The lowest BCUT2D eigenvalue weighted by Crippen LogP contribution is -2.27. The fourth-order valence-electron chi connectivity index (χ4n) is 2.05. The number of nitrogens with one attached hydrogen (secondary N) is 1. The van der Waals surface area contributed by atoms with Crippen LogP contribution in [0.3, 0.4) is 0 Å². The molecule has 2 rings (SSSR count). The normalized spacial score (nSPS) is 16.8. The van der Waals surface area contributed by atoms with Crippen molar-refractivity contribution in [1.82, 2.24) is 9.97 Å². The molecule has 6 heteroatoms. The fraction of sp³-hybridized carbons (Fsp3) is 0.636. The Morgan fingerprint density at radius 2 is 1.82 bits per heavy atom. The molecular weight excluding hydrogens is 221 g/mol. The van der Waals surface area contributed by atoms with E-state index in [4.69, 9.17) is 5.84 Å². The molecule has 0 atom stereocenters. The van der Waals surface area contributed by atoms with E-state index >= 15 is 0 Å². The first-order valence-corrected chi connectivity index (χ1v) is 5.98. The van der Waals surface area contributed by atoms with Crippen LogP contribution in [0.2, 0.25) is 0 Å². The van der Waals surface area contributed by atoms with Gasteiger partial charge in [0, 0.05) is 13.1 Å². The van der Waals surface area contributed by atoms with Crippen molar-refractivity contribution in [3.8, 4) is 0 Å². The summed E-state index contributed by atoms with van der Waals surface area (Å²) in [5.41, 5.74) is 2.60. The second kappa shape index (κ2) is 5.27. The number of anilines is 2. The molecule has 0 amide bonds. The largest absolute Gasteiger partial charge is 0.341 e. The van der Waals surface area contributed by atoms with Crippen molar-refractivity contribution < 1.29 is 4.39 Å². The van der Waals surface area contributed by atoms with Crippen molar-refractivity contribution in [2.24, 2.45) is 5.84 Å². The molecule has 1 aromatic rings. The van der Waals surface area contributed by atoms with E-state index < -0.39 is 5.82 Å². The Hall–Kier alpha value is -1.43. The molecule has 1 aliphatic heterocycles. The predicted molar refractivity (Wildman–Crippen MR) is 65.2 cm³/mol. The average Bonchev–Trinajstić information content (AvgIpc) is 2.61. The highest BCUT2D eigenvalue weighted by atomic mass is 19.1. The molecule has 5 nitrogen and oxygen atoms in total. The van der Waals surface area contributed by atoms with E-state index in [1.807, 2.05) is 0 Å². The monoisotopic (exact) mass is 239 g/mol. The second-order valence-corrected chi connectivity index (χ2v) is 4.32. The molecule has 1 fully saturated rings. The van der Waals surface area contributed by atoms with E-state index in [-0.39, 0.29) is 5.82 Å². The minimum atomic E-state index is -0.480. The van der Waals surface area contributed by atoms with Crippen LogP contribution in [0, 0.1) is 12.7 Å². The number of hydrogen-bond donors (Lipinski definition) is 2. The van der Waals surface area contributed by atoms with Gasteiger partial charge in [0.2, 0.25) is 5.95 Å². The minimum absolute atomic E-state index is 0.0664. The van der Waals surface area contributed by atoms with Crippen LogP contribution in [-0.2, 0) is 0 Å².